The van der Waals surface area contributed by atoms with Crippen LogP contribution in [0.15, 0.2) is 35.3 Å². The van der Waals surface area contributed by atoms with Crippen LogP contribution in [0.3, 0.4) is 0 Å². The van der Waals surface area contributed by atoms with Crippen LogP contribution in [-0.2, 0) is 11.3 Å². The highest BCUT2D eigenvalue weighted by molar-refractivity contribution is 5.81. The van der Waals surface area contributed by atoms with Gasteiger partial charge in [0.05, 0.1) is 0 Å². The molecule has 0 saturated carbocycles. The highest BCUT2D eigenvalue weighted by Crippen LogP contribution is 2.16. The molecule has 28 heavy (non-hydrogen) atoms. The topological polar surface area (TPSA) is 51.2 Å². The van der Waals surface area contributed by atoms with Crippen molar-refractivity contribution < 1.29 is 4.79 Å². The number of rotatable bonds is 5. The van der Waals surface area contributed by atoms with Crippen molar-refractivity contribution in [2.75, 3.05) is 52.9 Å². The van der Waals surface area contributed by atoms with Crippen LogP contribution in [0.25, 0.3) is 0 Å². The van der Waals surface area contributed by atoms with Gasteiger partial charge in [-0.1, -0.05) is 37.3 Å². The van der Waals surface area contributed by atoms with Crippen LogP contribution in [0.2, 0.25) is 0 Å². The summed E-state index contributed by atoms with van der Waals surface area (Å²) >= 11 is 0. The molecule has 1 unspecified atom stereocenters. The largest absolute Gasteiger partial charge is 0.356 e. The molecule has 1 N–H and O–H groups in total. The van der Waals surface area contributed by atoms with E-state index in [1.54, 1.807) is 0 Å². The molecular weight excluding hydrogens is 350 g/mol. The van der Waals surface area contributed by atoms with E-state index >= 15 is 0 Å². The lowest BCUT2D eigenvalue weighted by Crippen LogP contribution is -2.52. The minimum atomic E-state index is 0.266. The summed E-state index contributed by atoms with van der Waals surface area (Å²) in [5.41, 5.74) is 1.36. The van der Waals surface area contributed by atoms with Gasteiger partial charge in [0.15, 0.2) is 5.96 Å². The fraction of sp³-hybridized carbons (Fsp3) is 0.636. The summed E-state index contributed by atoms with van der Waals surface area (Å²) in [6, 6.07) is 10.6. The van der Waals surface area contributed by atoms with E-state index in [2.05, 4.69) is 57.4 Å². The van der Waals surface area contributed by atoms with E-state index < -0.39 is 0 Å². The summed E-state index contributed by atoms with van der Waals surface area (Å²) < 4.78 is 0. The first-order chi connectivity index (χ1) is 13.7. The van der Waals surface area contributed by atoms with E-state index in [9.17, 15) is 4.79 Å². The normalized spacial score (nSPS) is 21.6. The first-order valence-corrected chi connectivity index (χ1v) is 10.7. The van der Waals surface area contributed by atoms with Crippen molar-refractivity contribution in [3.63, 3.8) is 0 Å². The molecule has 1 aromatic carbocycles. The quantitative estimate of drug-likeness (QED) is 0.622. The fourth-order valence-electron chi connectivity index (χ4n) is 4.15. The van der Waals surface area contributed by atoms with Crippen molar-refractivity contribution in [3.8, 4) is 0 Å². The summed E-state index contributed by atoms with van der Waals surface area (Å²) in [4.78, 5) is 23.7. The van der Waals surface area contributed by atoms with Gasteiger partial charge >= 0.3 is 0 Å². The standard InChI is InChI=1S/C22H35N5O/c1-19-7-6-12-27(17-19)21(28)10-11-24-22(23-2)26-15-13-25(14-16-26)18-20-8-4-3-5-9-20/h3-5,8-9,19H,6-7,10-18H2,1-2H3,(H,23,24). The molecule has 3 rings (SSSR count). The van der Waals surface area contributed by atoms with Gasteiger partial charge in [-0.05, 0) is 24.3 Å². The third-order valence-corrected chi connectivity index (χ3v) is 5.76. The maximum Gasteiger partial charge on any atom is 0.224 e. The zero-order valence-electron chi connectivity index (χ0n) is 17.4. The van der Waals surface area contributed by atoms with E-state index in [1.807, 2.05) is 11.9 Å². The number of aliphatic imine (C=N–C) groups is 1. The minimum absolute atomic E-state index is 0.266. The first kappa shape index (κ1) is 20.6. The number of benzene rings is 1. The molecule has 1 amide bonds. The van der Waals surface area contributed by atoms with Gasteiger partial charge < -0.3 is 15.1 Å². The third kappa shape index (κ3) is 5.96. The Morgan fingerprint density at radius 3 is 2.54 bits per heavy atom. The number of carbonyl (C=O) groups is 1. The van der Waals surface area contributed by atoms with Gasteiger partial charge in [-0.15, -0.1) is 0 Å². The molecule has 6 heteroatoms. The van der Waals surface area contributed by atoms with E-state index in [0.717, 1.165) is 58.2 Å². The molecule has 1 aromatic rings. The second-order valence-corrected chi connectivity index (χ2v) is 8.06. The van der Waals surface area contributed by atoms with Crippen molar-refractivity contribution in [3.05, 3.63) is 35.9 Å². The van der Waals surface area contributed by atoms with Gasteiger partial charge in [0, 0.05) is 65.8 Å². The van der Waals surface area contributed by atoms with Crippen LogP contribution < -0.4 is 5.32 Å². The van der Waals surface area contributed by atoms with Crippen LogP contribution in [0.1, 0.15) is 31.7 Å². The zero-order chi connectivity index (χ0) is 19.8. The number of guanidine groups is 1. The molecule has 0 aliphatic carbocycles. The number of nitrogens with zero attached hydrogens (tertiary/aromatic N) is 4. The molecule has 1 atom stereocenters. The number of hydrogen-bond donors (Lipinski definition) is 1. The Labute approximate surface area is 169 Å². The maximum absolute atomic E-state index is 12.4. The van der Waals surface area contributed by atoms with Crippen molar-refractivity contribution in [1.29, 1.82) is 0 Å². The molecule has 2 aliphatic heterocycles. The van der Waals surface area contributed by atoms with Gasteiger partial charge in [0.25, 0.3) is 0 Å². The Kier molecular flexibility index (Phi) is 7.71. The molecule has 2 fully saturated rings. The average molecular weight is 386 g/mol. The Morgan fingerprint density at radius 2 is 1.86 bits per heavy atom. The number of nitrogens with one attached hydrogen (secondary N) is 1. The molecular formula is C22H35N5O. The number of carbonyl (C=O) groups excluding carboxylic acids is 1. The molecule has 154 valence electrons. The Morgan fingerprint density at radius 1 is 1.11 bits per heavy atom. The molecule has 0 radical (unpaired) electrons. The summed E-state index contributed by atoms with van der Waals surface area (Å²) in [7, 11) is 1.83. The summed E-state index contributed by atoms with van der Waals surface area (Å²) in [5.74, 6) is 1.81. The maximum atomic E-state index is 12.4. The lowest BCUT2D eigenvalue weighted by molar-refractivity contribution is -0.132. The van der Waals surface area contributed by atoms with Crippen molar-refractivity contribution in [2.24, 2.45) is 10.9 Å². The van der Waals surface area contributed by atoms with Gasteiger partial charge in [-0.25, -0.2) is 0 Å². The summed E-state index contributed by atoms with van der Waals surface area (Å²) in [6.07, 6.45) is 2.92. The van der Waals surface area contributed by atoms with Crippen LogP contribution >= 0.6 is 0 Å². The van der Waals surface area contributed by atoms with Crippen molar-refractivity contribution in [2.45, 2.75) is 32.7 Å². The van der Waals surface area contributed by atoms with E-state index in [0.29, 0.717) is 18.9 Å². The number of amides is 1. The fourth-order valence-corrected chi connectivity index (χ4v) is 4.15. The first-order valence-electron chi connectivity index (χ1n) is 10.7. The predicted molar refractivity (Wildman–Crippen MR) is 114 cm³/mol. The monoisotopic (exact) mass is 385 g/mol. The number of hydrogen-bond acceptors (Lipinski definition) is 3. The zero-order valence-corrected chi connectivity index (χ0v) is 17.4. The SMILES string of the molecule is CN=C(NCCC(=O)N1CCCC(C)C1)N1CCN(Cc2ccccc2)CC1. The number of likely N-dealkylation sites (tertiary alicyclic amines) is 1. The molecule has 2 saturated heterocycles. The molecule has 2 aliphatic rings. The van der Waals surface area contributed by atoms with Gasteiger partial charge in [0.2, 0.25) is 5.91 Å². The smallest absolute Gasteiger partial charge is 0.224 e. The second-order valence-electron chi connectivity index (χ2n) is 8.06. The lowest BCUT2D eigenvalue weighted by Gasteiger charge is -2.36. The highest BCUT2D eigenvalue weighted by Gasteiger charge is 2.22. The van der Waals surface area contributed by atoms with E-state index in [4.69, 9.17) is 0 Å². The number of piperidine rings is 1. The highest BCUT2D eigenvalue weighted by atomic mass is 16.2. The van der Waals surface area contributed by atoms with Crippen molar-refractivity contribution in [1.82, 2.24) is 20.0 Å². The Hall–Kier alpha value is -2.08. The van der Waals surface area contributed by atoms with Crippen LogP contribution in [0, 0.1) is 5.92 Å². The molecule has 0 spiro atoms. The second kappa shape index (κ2) is 10.5. The number of piperazine rings is 1. The van der Waals surface area contributed by atoms with Gasteiger partial charge in [0.1, 0.15) is 0 Å². The Bertz CT molecular complexity index is 640. The van der Waals surface area contributed by atoms with Gasteiger partial charge in [-0.2, -0.15) is 0 Å². The lowest BCUT2D eigenvalue weighted by atomic mass is 10.00. The van der Waals surface area contributed by atoms with E-state index in [1.165, 1.54) is 12.0 Å². The minimum Gasteiger partial charge on any atom is -0.356 e. The molecule has 6 nitrogen and oxygen atoms in total. The van der Waals surface area contributed by atoms with Gasteiger partial charge in [-0.3, -0.25) is 14.7 Å². The molecule has 0 bridgehead atoms. The Balaban J connectivity index is 1.38. The average Bonchev–Trinajstić information content (AvgIpc) is 2.73. The predicted octanol–water partition coefficient (Wildman–Crippen LogP) is 2.03. The summed E-state index contributed by atoms with van der Waals surface area (Å²) in [6.45, 7) is 9.70. The summed E-state index contributed by atoms with van der Waals surface area (Å²) in [5, 5.41) is 3.39. The van der Waals surface area contributed by atoms with Crippen molar-refractivity contribution >= 4 is 11.9 Å². The molecule has 0 aromatic heterocycles. The van der Waals surface area contributed by atoms with Crippen LogP contribution in [-0.4, -0.2) is 79.4 Å². The van der Waals surface area contributed by atoms with E-state index in [-0.39, 0.29) is 5.91 Å². The third-order valence-electron chi connectivity index (χ3n) is 5.76. The molecule has 2 heterocycles. The van der Waals surface area contributed by atoms with Crippen LogP contribution in [0.4, 0.5) is 0 Å². The van der Waals surface area contributed by atoms with Crippen LogP contribution in [0.5, 0.6) is 0 Å².